The molecule has 39 heavy (non-hydrogen) atoms. The van der Waals surface area contributed by atoms with Crippen molar-refractivity contribution in [3.05, 3.63) is 73.6 Å². The molecular formula is C27H28FN4O6P. The van der Waals surface area contributed by atoms with Crippen LogP contribution in [0.4, 0.5) is 10.1 Å². The first-order valence-electron chi connectivity index (χ1n) is 11.9. The Bertz CT molecular complexity index is 1590. The van der Waals surface area contributed by atoms with Gasteiger partial charge in [0.25, 0.3) is 0 Å². The third-order valence-corrected chi connectivity index (χ3v) is 7.19. The summed E-state index contributed by atoms with van der Waals surface area (Å²) in [6.07, 6.45) is 4.91. The van der Waals surface area contributed by atoms with Crippen molar-refractivity contribution < 1.29 is 32.4 Å². The van der Waals surface area contributed by atoms with Crippen molar-refractivity contribution >= 4 is 30.5 Å². The number of fused-ring (bicyclic) bond motifs is 1. The Hall–Kier alpha value is -3.89. The molecule has 0 saturated heterocycles. The summed E-state index contributed by atoms with van der Waals surface area (Å²) >= 11 is 0. The van der Waals surface area contributed by atoms with Crippen LogP contribution in [0.5, 0.6) is 5.75 Å². The average Bonchev–Trinajstić information content (AvgIpc) is 3.30. The van der Waals surface area contributed by atoms with Gasteiger partial charge in [0.1, 0.15) is 17.6 Å². The zero-order valence-corrected chi connectivity index (χ0v) is 22.8. The lowest BCUT2D eigenvalue weighted by Gasteiger charge is -2.19. The number of likely N-dealkylation sites (N-methyl/N-ethyl adjacent to an activating group) is 1. The fraction of sp³-hybridized carbons (Fsp3) is 0.222. The molecule has 1 amide bonds. The first kappa shape index (κ1) is 28.1. The maximum atomic E-state index is 14.1. The number of methoxy groups -OCH3 is 1. The van der Waals surface area contributed by atoms with E-state index in [2.05, 4.69) is 16.5 Å². The van der Waals surface area contributed by atoms with Gasteiger partial charge in [-0.15, -0.1) is 0 Å². The topological polar surface area (TPSA) is 116 Å². The van der Waals surface area contributed by atoms with Crippen LogP contribution in [0.1, 0.15) is 20.1 Å². The van der Waals surface area contributed by atoms with Crippen LogP contribution in [0.2, 0.25) is 0 Å². The van der Waals surface area contributed by atoms with E-state index in [1.165, 1.54) is 30.3 Å². The zero-order valence-electron chi connectivity index (χ0n) is 21.9. The Kier molecular flexibility index (Phi) is 8.27. The number of halogens is 1. The van der Waals surface area contributed by atoms with Crippen molar-refractivity contribution in [2.75, 3.05) is 25.7 Å². The van der Waals surface area contributed by atoms with Crippen LogP contribution in [-0.4, -0.2) is 46.1 Å². The molecule has 0 fully saturated rings. The van der Waals surface area contributed by atoms with E-state index in [1.807, 2.05) is 12.1 Å². The highest BCUT2D eigenvalue weighted by atomic mass is 31.2. The van der Waals surface area contributed by atoms with Gasteiger partial charge in [-0.1, -0.05) is 6.58 Å². The molecule has 0 aliphatic heterocycles. The third-order valence-electron chi connectivity index (χ3n) is 6.03. The molecule has 204 valence electrons. The van der Waals surface area contributed by atoms with Crippen molar-refractivity contribution in [1.29, 1.82) is 0 Å². The Morgan fingerprint density at radius 1 is 1.23 bits per heavy atom. The number of amides is 1. The number of hydrogen-bond donors (Lipinski definition) is 1. The second-order valence-corrected chi connectivity index (χ2v) is 9.93. The molecule has 2 unspecified atom stereocenters. The number of pyridine rings is 2. The van der Waals surface area contributed by atoms with E-state index in [4.69, 9.17) is 13.8 Å². The van der Waals surface area contributed by atoms with Crippen molar-refractivity contribution in [3.8, 4) is 28.0 Å². The lowest BCUT2D eigenvalue weighted by molar-refractivity contribution is -0.113. The van der Waals surface area contributed by atoms with Crippen LogP contribution in [0.15, 0.2) is 67.6 Å². The first-order chi connectivity index (χ1) is 18.6. The minimum Gasteiger partial charge on any atom is -0.497 e. The van der Waals surface area contributed by atoms with Gasteiger partial charge in [0, 0.05) is 60.0 Å². The largest absolute Gasteiger partial charge is 0.497 e. The van der Waals surface area contributed by atoms with Gasteiger partial charge < -0.3 is 19.1 Å². The number of rotatable bonds is 10. The molecular weight excluding hydrogens is 526 g/mol. The van der Waals surface area contributed by atoms with Crippen LogP contribution >= 0.6 is 7.82 Å². The van der Waals surface area contributed by atoms with Gasteiger partial charge in [-0.3, -0.25) is 13.8 Å². The maximum absolute atomic E-state index is 14.1. The number of hydrogen-bond acceptors (Lipinski definition) is 7. The summed E-state index contributed by atoms with van der Waals surface area (Å²) in [6, 6.07) is 10.1. The highest BCUT2D eigenvalue weighted by molar-refractivity contribution is 7.47. The van der Waals surface area contributed by atoms with Gasteiger partial charge in [-0.2, -0.15) is 4.39 Å². The van der Waals surface area contributed by atoms with Crippen LogP contribution in [0, 0.1) is 5.95 Å². The number of phosphoric acid groups is 1. The summed E-state index contributed by atoms with van der Waals surface area (Å²) < 4.78 is 43.6. The molecule has 12 heteroatoms. The van der Waals surface area contributed by atoms with E-state index < -0.39 is 20.0 Å². The van der Waals surface area contributed by atoms with Crippen molar-refractivity contribution in [3.63, 3.8) is 0 Å². The van der Waals surface area contributed by atoms with Crippen molar-refractivity contribution in [1.82, 2.24) is 14.5 Å². The molecule has 3 heterocycles. The number of benzene rings is 1. The lowest BCUT2D eigenvalue weighted by atomic mass is 10.0. The fourth-order valence-corrected chi connectivity index (χ4v) is 5.00. The Morgan fingerprint density at radius 2 is 2.00 bits per heavy atom. The van der Waals surface area contributed by atoms with E-state index in [0.717, 1.165) is 0 Å². The maximum Gasteiger partial charge on any atom is 0.474 e. The summed E-state index contributed by atoms with van der Waals surface area (Å²) in [7, 11) is -1.17. The minimum atomic E-state index is -4.33. The summed E-state index contributed by atoms with van der Waals surface area (Å²) in [5.74, 6) is -0.425. The molecule has 4 rings (SSSR count). The Balaban J connectivity index is 1.89. The quantitative estimate of drug-likeness (QED) is 0.150. The second-order valence-electron chi connectivity index (χ2n) is 8.52. The van der Waals surface area contributed by atoms with Crippen LogP contribution < -0.4 is 9.64 Å². The predicted molar refractivity (Wildman–Crippen MR) is 146 cm³/mol. The molecule has 0 aliphatic rings. The Morgan fingerprint density at radius 3 is 2.67 bits per heavy atom. The normalized spacial score (nSPS) is 13.6. The average molecular weight is 555 g/mol. The monoisotopic (exact) mass is 554 g/mol. The second kappa shape index (κ2) is 11.5. The predicted octanol–water partition coefficient (Wildman–Crippen LogP) is 5.73. The molecule has 1 aromatic carbocycles. The van der Waals surface area contributed by atoms with Crippen LogP contribution in [0.3, 0.4) is 0 Å². The standard InChI is InChI=1S/C27H28FN4O6P/c1-6-26(33)31(4)21-10-19(11-22(14-21)36-5)20-12-23-24(18-8-9-29-25(28)13-18)16-32(27(23)30-15-20)17(3)38-39(34,35)37-7-2/h6,8-17H,1,7H2,2-5H3,(H,34,35). The van der Waals surface area contributed by atoms with E-state index in [9.17, 15) is 18.6 Å². The number of carbonyl (C=O) groups excluding carboxylic acids is 1. The van der Waals surface area contributed by atoms with E-state index >= 15 is 0 Å². The smallest absolute Gasteiger partial charge is 0.474 e. The molecule has 10 nitrogen and oxygen atoms in total. The lowest BCUT2D eigenvalue weighted by Crippen LogP contribution is -2.23. The fourth-order valence-electron chi connectivity index (χ4n) is 4.13. The third kappa shape index (κ3) is 6.07. The number of aromatic nitrogens is 3. The molecule has 4 aromatic rings. The van der Waals surface area contributed by atoms with Gasteiger partial charge >= 0.3 is 7.82 Å². The van der Waals surface area contributed by atoms with E-state index in [0.29, 0.717) is 44.7 Å². The van der Waals surface area contributed by atoms with Gasteiger partial charge in [0.15, 0.2) is 0 Å². The van der Waals surface area contributed by atoms with Crippen LogP contribution in [-0.2, 0) is 18.4 Å². The molecule has 3 aromatic heterocycles. The summed E-state index contributed by atoms with van der Waals surface area (Å²) in [4.78, 5) is 32.0. The van der Waals surface area contributed by atoms with Crippen molar-refractivity contribution in [2.24, 2.45) is 0 Å². The van der Waals surface area contributed by atoms with E-state index in [1.54, 1.807) is 56.1 Å². The highest BCUT2D eigenvalue weighted by Gasteiger charge is 2.26. The van der Waals surface area contributed by atoms with Gasteiger partial charge in [0.2, 0.25) is 11.9 Å². The molecule has 0 radical (unpaired) electrons. The molecule has 0 aliphatic carbocycles. The summed E-state index contributed by atoms with van der Waals surface area (Å²) in [6.45, 7) is 6.69. The van der Waals surface area contributed by atoms with Crippen molar-refractivity contribution in [2.45, 2.75) is 20.1 Å². The van der Waals surface area contributed by atoms with E-state index in [-0.39, 0.29) is 12.5 Å². The summed E-state index contributed by atoms with van der Waals surface area (Å²) in [5, 5.41) is 0.623. The van der Waals surface area contributed by atoms with Gasteiger partial charge in [-0.25, -0.2) is 14.5 Å². The summed E-state index contributed by atoms with van der Waals surface area (Å²) in [5.41, 5.74) is 3.53. The molecule has 0 bridgehead atoms. The molecule has 2 atom stereocenters. The SMILES string of the molecule is C=CC(=O)N(C)c1cc(OC)cc(-c2cnc3c(c2)c(-c2ccnc(F)c2)cn3C(C)OP(=O)(O)OCC)c1. The highest BCUT2D eigenvalue weighted by Crippen LogP contribution is 2.47. The number of carbonyl (C=O) groups is 1. The van der Waals surface area contributed by atoms with Gasteiger partial charge in [-0.05, 0) is 55.3 Å². The number of phosphoric ester groups is 1. The zero-order chi connectivity index (χ0) is 28.3. The Labute approximate surface area is 224 Å². The number of ether oxygens (including phenoxy) is 1. The first-order valence-corrected chi connectivity index (χ1v) is 13.4. The van der Waals surface area contributed by atoms with Gasteiger partial charge in [0.05, 0.1) is 13.7 Å². The molecule has 1 N–H and O–H groups in total. The minimum absolute atomic E-state index is 0.00775. The van der Waals surface area contributed by atoms with Crippen LogP contribution in [0.25, 0.3) is 33.3 Å². The number of anilines is 1. The molecule has 0 spiro atoms. The number of nitrogens with zero attached hydrogens (tertiary/aromatic N) is 4. The molecule has 0 saturated carbocycles.